The third-order valence-electron chi connectivity index (χ3n) is 2.55. The molecule has 1 saturated carbocycles. The van der Waals surface area contributed by atoms with Crippen LogP contribution in [-0.4, -0.2) is 5.54 Å². The highest BCUT2D eigenvalue weighted by Gasteiger charge is 2.38. The van der Waals surface area contributed by atoms with Gasteiger partial charge in [-0.25, -0.2) is 8.78 Å². The summed E-state index contributed by atoms with van der Waals surface area (Å²) in [7, 11) is 0. The van der Waals surface area contributed by atoms with Crippen molar-refractivity contribution in [3.8, 4) is 0 Å². The van der Waals surface area contributed by atoms with E-state index in [2.05, 4.69) is 5.32 Å². The number of nitrogens with one attached hydrogen (secondary N) is 1. The summed E-state index contributed by atoms with van der Waals surface area (Å²) < 4.78 is 26.2. The molecule has 0 saturated heterocycles. The summed E-state index contributed by atoms with van der Waals surface area (Å²) >= 11 is 0. The predicted molar refractivity (Wildman–Crippen MR) is 52.0 cm³/mol. The largest absolute Gasteiger partial charge is 0.397 e. The minimum absolute atomic E-state index is 0.0880. The van der Waals surface area contributed by atoms with Crippen LogP contribution in [-0.2, 0) is 0 Å². The molecule has 76 valence electrons. The van der Waals surface area contributed by atoms with Crippen molar-refractivity contribution >= 4 is 11.4 Å². The second kappa shape index (κ2) is 2.83. The molecule has 0 amide bonds. The van der Waals surface area contributed by atoms with Gasteiger partial charge in [-0.2, -0.15) is 0 Å². The van der Waals surface area contributed by atoms with E-state index in [4.69, 9.17) is 5.73 Å². The van der Waals surface area contributed by atoms with Gasteiger partial charge in [0.25, 0.3) is 0 Å². The maximum absolute atomic E-state index is 13.3. The topological polar surface area (TPSA) is 38.0 Å². The van der Waals surface area contributed by atoms with E-state index >= 15 is 0 Å². The number of rotatable bonds is 2. The van der Waals surface area contributed by atoms with Crippen LogP contribution in [0.1, 0.15) is 19.8 Å². The zero-order valence-corrected chi connectivity index (χ0v) is 7.90. The summed E-state index contributed by atoms with van der Waals surface area (Å²) in [5, 5.41) is 2.93. The first-order valence-corrected chi connectivity index (χ1v) is 4.53. The molecule has 0 bridgehead atoms. The summed E-state index contributed by atoms with van der Waals surface area (Å²) in [6.45, 7) is 1.96. The summed E-state index contributed by atoms with van der Waals surface area (Å²) in [4.78, 5) is 0. The van der Waals surface area contributed by atoms with Crippen molar-refractivity contribution < 1.29 is 8.78 Å². The third-order valence-corrected chi connectivity index (χ3v) is 2.55. The van der Waals surface area contributed by atoms with E-state index in [9.17, 15) is 8.78 Å². The van der Waals surface area contributed by atoms with Crippen molar-refractivity contribution in [1.29, 1.82) is 0 Å². The zero-order valence-electron chi connectivity index (χ0n) is 7.90. The Morgan fingerprint density at radius 2 is 2.00 bits per heavy atom. The van der Waals surface area contributed by atoms with Gasteiger partial charge in [-0.3, -0.25) is 0 Å². The molecule has 0 atom stereocenters. The van der Waals surface area contributed by atoms with Crippen LogP contribution in [0.25, 0.3) is 0 Å². The van der Waals surface area contributed by atoms with Gasteiger partial charge in [0.05, 0.1) is 11.4 Å². The van der Waals surface area contributed by atoms with E-state index in [1.165, 1.54) is 6.07 Å². The van der Waals surface area contributed by atoms with E-state index in [0.717, 1.165) is 18.9 Å². The van der Waals surface area contributed by atoms with Gasteiger partial charge >= 0.3 is 0 Å². The molecule has 0 spiro atoms. The first-order valence-electron chi connectivity index (χ1n) is 4.53. The van der Waals surface area contributed by atoms with Crippen molar-refractivity contribution in [2.24, 2.45) is 0 Å². The van der Waals surface area contributed by atoms with Gasteiger partial charge in [-0.1, -0.05) is 0 Å². The Kier molecular flexibility index (Phi) is 1.87. The lowest BCUT2D eigenvalue weighted by Crippen LogP contribution is -2.18. The molecule has 4 heteroatoms. The Bertz CT molecular complexity index is 373. The monoisotopic (exact) mass is 198 g/mol. The van der Waals surface area contributed by atoms with Crippen LogP contribution in [0, 0.1) is 11.6 Å². The molecule has 1 aliphatic carbocycles. The molecule has 1 aromatic rings. The highest BCUT2D eigenvalue weighted by molar-refractivity contribution is 5.68. The van der Waals surface area contributed by atoms with Crippen LogP contribution in [0.4, 0.5) is 20.2 Å². The fraction of sp³-hybridized carbons (Fsp3) is 0.400. The maximum Gasteiger partial charge on any atom is 0.183 e. The van der Waals surface area contributed by atoms with E-state index in [0.29, 0.717) is 0 Å². The second-order valence-corrected chi connectivity index (χ2v) is 4.01. The maximum atomic E-state index is 13.3. The minimum atomic E-state index is -0.891. The Morgan fingerprint density at radius 1 is 1.36 bits per heavy atom. The summed E-state index contributed by atoms with van der Waals surface area (Å²) in [6, 6.07) is 2.40. The van der Waals surface area contributed by atoms with Gasteiger partial charge in [-0.05, 0) is 31.9 Å². The van der Waals surface area contributed by atoms with Crippen LogP contribution < -0.4 is 11.1 Å². The normalized spacial score (nSPS) is 17.9. The van der Waals surface area contributed by atoms with Crippen LogP contribution in [0.3, 0.4) is 0 Å². The van der Waals surface area contributed by atoms with Gasteiger partial charge in [0.2, 0.25) is 0 Å². The predicted octanol–water partition coefficient (Wildman–Crippen LogP) is 2.51. The highest BCUT2D eigenvalue weighted by atomic mass is 19.2. The van der Waals surface area contributed by atoms with E-state index < -0.39 is 11.6 Å². The molecule has 14 heavy (non-hydrogen) atoms. The molecule has 1 aliphatic rings. The lowest BCUT2D eigenvalue weighted by atomic mass is 10.2. The molecule has 2 nitrogen and oxygen atoms in total. The fourth-order valence-corrected chi connectivity index (χ4v) is 1.31. The molecule has 1 fully saturated rings. The lowest BCUT2D eigenvalue weighted by Gasteiger charge is -2.15. The number of benzene rings is 1. The molecule has 0 heterocycles. The molecule has 2 rings (SSSR count). The van der Waals surface area contributed by atoms with Crippen LogP contribution >= 0.6 is 0 Å². The third kappa shape index (κ3) is 1.52. The summed E-state index contributed by atoms with van der Waals surface area (Å²) in [5.41, 5.74) is 5.78. The molecular weight excluding hydrogens is 186 g/mol. The fourth-order valence-electron chi connectivity index (χ4n) is 1.31. The van der Waals surface area contributed by atoms with Crippen molar-refractivity contribution in [3.63, 3.8) is 0 Å². The Hall–Kier alpha value is -1.32. The van der Waals surface area contributed by atoms with Crippen LogP contribution in [0.15, 0.2) is 12.1 Å². The van der Waals surface area contributed by atoms with E-state index in [1.807, 2.05) is 6.92 Å². The van der Waals surface area contributed by atoms with Crippen LogP contribution in [0.2, 0.25) is 0 Å². The molecule has 0 aromatic heterocycles. The van der Waals surface area contributed by atoms with Gasteiger partial charge in [0.15, 0.2) is 11.6 Å². The molecule has 3 N–H and O–H groups in total. The first kappa shape index (κ1) is 9.24. The lowest BCUT2D eigenvalue weighted by molar-refractivity contribution is 0.510. The number of anilines is 2. The average molecular weight is 198 g/mol. The quantitative estimate of drug-likeness (QED) is 0.716. The average Bonchev–Trinajstić information content (AvgIpc) is 2.86. The van der Waals surface area contributed by atoms with Gasteiger partial charge in [-0.15, -0.1) is 0 Å². The Labute approximate surface area is 81.1 Å². The zero-order chi connectivity index (χ0) is 10.3. The van der Waals surface area contributed by atoms with E-state index in [-0.39, 0.29) is 16.9 Å². The number of hydrogen-bond donors (Lipinski definition) is 2. The second-order valence-electron chi connectivity index (χ2n) is 4.01. The molecule has 0 aliphatic heterocycles. The minimum Gasteiger partial charge on any atom is -0.397 e. The Balaban J connectivity index is 2.35. The van der Waals surface area contributed by atoms with Crippen LogP contribution in [0.5, 0.6) is 0 Å². The van der Waals surface area contributed by atoms with Gasteiger partial charge in [0.1, 0.15) is 0 Å². The summed E-state index contributed by atoms with van der Waals surface area (Å²) in [6.07, 6.45) is 1.92. The van der Waals surface area contributed by atoms with Crippen molar-refractivity contribution in [2.45, 2.75) is 25.3 Å². The number of nitrogen functional groups attached to an aromatic ring is 1. The standard InChI is InChI=1S/C10H12F2N2/c1-10(4-5-10)14-9-7(13)3-2-6(11)8(9)12/h2-3,14H,4-5,13H2,1H3. The summed E-state index contributed by atoms with van der Waals surface area (Å²) in [5.74, 6) is -1.76. The highest BCUT2D eigenvalue weighted by Crippen LogP contribution is 2.40. The Morgan fingerprint density at radius 3 is 2.57 bits per heavy atom. The van der Waals surface area contributed by atoms with E-state index in [1.54, 1.807) is 0 Å². The molecule has 0 radical (unpaired) electrons. The van der Waals surface area contributed by atoms with Crippen molar-refractivity contribution in [1.82, 2.24) is 0 Å². The van der Waals surface area contributed by atoms with Gasteiger partial charge < -0.3 is 11.1 Å². The molecular formula is C10H12F2N2. The van der Waals surface area contributed by atoms with Gasteiger partial charge in [0, 0.05) is 5.54 Å². The number of halogens is 2. The SMILES string of the molecule is CC1(Nc2c(N)ccc(F)c2F)CC1. The number of nitrogens with two attached hydrogens (primary N) is 1. The van der Waals surface area contributed by atoms with Crippen molar-refractivity contribution in [3.05, 3.63) is 23.8 Å². The van der Waals surface area contributed by atoms with Crippen molar-refractivity contribution in [2.75, 3.05) is 11.1 Å². The first-order chi connectivity index (χ1) is 6.52. The molecule has 1 aromatic carbocycles. The number of hydrogen-bond acceptors (Lipinski definition) is 2. The smallest absolute Gasteiger partial charge is 0.183 e. The molecule has 0 unspecified atom stereocenters.